The average Bonchev–Trinajstić information content (AvgIpc) is 2.65. The zero-order valence-electron chi connectivity index (χ0n) is 8.24. The molecular weight excluding hydrogens is 260 g/mol. The van der Waals surface area contributed by atoms with Gasteiger partial charge in [0.15, 0.2) is 0 Å². The van der Waals surface area contributed by atoms with Crippen molar-refractivity contribution < 1.29 is 9.90 Å². The first-order valence-electron chi connectivity index (χ1n) is 4.98. The van der Waals surface area contributed by atoms with E-state index in [4.69, 9.17) is 0 Å². The van der Waals surface area contributed by atoms with Crippen LogP contribution in [0.2, 0.25) is 0 Å². The van der Waals surface area contributed by atoms with Gasteiger partial charge in [-0.25, -0.2) is 0 Å². The number of rotatable bonds is 1. The molecule has 1 aliphatic rings. The molecule has 1 fully saturated rings. The SMILES string of the molecule is O=C(c1cc(Br)c[nH]1)N1CCC(O)CC1. The zero-order chi connectivity index (χ0) is 10.8. The number of likely N-dealkylation sites (tertiary alicyclic amines) is 1. The molecule has 2 rings (SSSR count). The van der Waals surface area contributed by atoms with E-state index in [0.717, 1.165) is 4.47 Å². The van der Waals surface area contributed by atoms with Crippen LogP contribution in [0.1, 0.15) is 23.3 Å². The van der Waals surface area contributed by atoms with Crippen molar-refractivity contribution >= 4 is 21.8 Å². The molecule has 1 aromatic rings. The number of nitrogens with zero attached hydrogens (tertiary/aromatic N) is 1. The van der Waals surface area contributed by atoms with Crippen molar-refractivity contribution in [2.75, 3.05) is 13.1 Å². The highest BCUT2D eigenvalue weighted by atomic mass is 79.9. The molecule has 0 bridgehead atoms. The number of hydrogen-bond acceptors (Lipinski definition) is 2. The lowest BCUT2D eigenvalue weighted by molar-refractivity contribution is 0.0542. The smallest absolute Gasteiger partial charge is 0.270 e. The molecule has 1 aromatic heterocycles. The second-order valence-electron chi connectivity index (χ2n) is 3.75. The number of aliphatic hydroxyl groups excluding tert-OH is 1. The number of amides is 1. The van der Waals surface area contributed by atoms with Crippen molar-refractivity contribution in [1.29, 1.82) is 0 Å². The summed E-state index contributed by atoms with van der Waals surface area (Å²) in [6.07, 6.45) is 2.84. The molecular formula is C10H13BrN2O2. The molecule has 0 unspecified atom stereocenters. The van der Waals surface area contributed by atoms with Crippen LogP contribution in [0.15, 0.2) is 16.7 Å². The number of H-pyrrole nitrogens is 1. The number of carbonyl (C=O) groups excluding carboxylic acids is 1. The molecule has 1 aliphatic heterocycles. The molecule has 0 spiro atoms. The summed E-state index contributed by atoms with van der Waals surface area (Å²) in [5.74, 6) is 0.00704. The van der Waals surface area contributed by atoms with Crippen LogP contribution in [0, 0.1) is 0 Å². The highest BCUT2D eigenvalue weighted by molar-refractivity contribution is 9.10. The number of hydrogen-bond donors (Lipinski definition) is 2. The third-order valence-corrected chi connectivity index (χ3v) is 3.09. The van der Waals surface area contributed by atoms with Gasteiger partial charge in [-0.05, 0) is 34.8 Å². The Morgan fingerprint density at radius 2 is 2.20 bits per heavy atom. The Morgan fingerprint density at radius 3 is 2.73 bits per heavy atom. The molecule has 0 saturated carbocycles. The largest absolute Gasteiger partial charge is 0.393 e. The Morgan fingerprint density at radius 1 is 1.53 bits per heavy atom. The summed E-state index contributed by atoms with van der Waals surface area (Å²) in [7, 11) is 0. The fourth-order valence-electron chi connectivity index (χ4n) is 1.73. The summed E-state index contributed by atoms with van der Waals surface area (Å²) >= 11 is 3.29. The van der Waals surface area contributed by atoms with Gasteiger partial charge in [-0.2, -0.15) is 0 Å². The number of halogens is 1. The van der Waals surface area contributed by atoms with Gasteiger partial charge in [0.1, 0.15) is 5.69 Å². The molecule has 1 saturated heterocycles. The van der Waals surface area contributed by atoms with Gasteiger partial charge >= 0.3 is 0 Å². The third kappa shape index (κ3) is 2.41. The Labute approximate surface area is 96.4 Å². The fraction of sp³-hybridized carbons (Fsp3) is 0.500. The van der Waals surface area contributed by atoms with Gasteiger partial charge in [0.2, 0.25) is 0 Å². The van der Waals surface area contributed by atoms with E-state index in [9.17, 15) is 9.90 Å². The minimum absolute atomic E-state index is 0.00704. The summed E-state index contributed by atoms with van der Waals surface area (Å²) in [4.78, 5) is 16.6. The maximum Gasteiger partial charge on any atom is 0.270 e. The molecule has 2 heterocycles. The predicted molar refractivity (Wildman–Crippen MR) is 59.6 cm³/mol. The van der Waals surface area contributed by atoms with Crippen LogP contribution in [0.5, 0.6) is 0 Å². The maximum atomic E-state index is 11.9. The first kappa shape index (κ1) is 10.7. The zero-order valence-corrected chi connectivity index (χ0v) is 9.83. The van der Waals surface area contributed by atoms with Gasteiger partial charge in [-0.15, -0.1) is 0 Å². The quantitative estimate of drug-likeness (QED) is 0.812. The number of aromatic nitrogens is 1. The topological polar surface area (TPSA) is 56.3 Å². The number of piperidine rings is 1. The first-order chi connectivity index (χ1) is 7.16. The minimum Gasteiger partial charge on any atom is -0.393 e. The molecule has 0 radical (unpaired) electrons. The lowest BCUT2D eigenvalue weighted by Gasteiger charge is -2.29. The lowest BCUT2D eigenvalue weighted by atomic mass is 10.1. The van der Waals surface area contributed by atoms with E-state index in [-0.39, 0.29) is 12.0 Å². The molecule has 5 heteroatoms. The highest BCUT2D eigenvalue weighted by Gasteiger charge is 2.22. The van der Waals surface area contributed by atoms with Crippen LogP contribution in [-0.4, -0.2) is 40.1 Å². The summed E-state index contributed by atoms with van der Waals surface area (Å²) < 4.78 is 0.878. The van der Waals surface area contributed by atoms with Crippen molar-refractivity contribution in [3.05, 3.63) is 22.4 Å². The normalized spacial score (nSPS) is 18.1. The number of aromatic amines is 1. The summed E-state index contributed by atoms with van der Waals surface area (Å²) in [6.45, 7) is 1.27. The minimum atomic E-state index is -0.246. The van der Waals surface area contributed by atoms with Gasteiger partial charge in [-0.3, -0.25) is 4.79 Å². The lowest BCUT2D eigenvalue weighted by Crippen LogP contribution is -2.40. The number of nitrogens with one attached hydrogen (secondary N) is 1. The molecule has 1 amide bonds. The van der Waals surface area contributed by atoms with E-state index in [1.165, 1.54) is 0 Å². The summed E-state index contributed by atoms with van der Waals surface area (Å²) in [6, 6.07) is 1.77. The van der Waals surface area contributed by atoms with Crippen LogP contribution >= 0.6 is 15.9 Å². The predicted octanol–water partition coefficient (Wildman–Crippen LogP) is 1.37. The molecule has 4 nitrogen and oxygen atoms in total. The number of aliphatic hydroxyl groups is 1. The summed E-state index contributed by atoms with van der Waals surface area (Å²) in [5, 5.41) is 9.33. The van der Waals surface area contributed by atoms with Crippen LogP contribution in [-0.2, 0) is 0 Å². The van der Waals surface area contributed by atoms with E-state index in [0.29, 0.717) is 31.6 Å². The fourth-order valence-corrected chi connectivity index (χ4v) is 2.07. The van der Waals surface area contributed by atoms with Crippen molar-refractivity contribution in [2.24, 2.45) is 0 Å². The Balaban J connectivity index is 2.02. The van der Waals surface area contributed by atoms with Crippen molar-refractivity contribution in [1.82, 2.24) is 9.88 Å². The van der Waals surface area contributed by atoms with Crippen LogP contribution in [0.3, 0.4) is 0 Å². The van der Waals surface area contributed by atoms with Crippen molar-refractivity contribution in [3.8, 4) is 0 Å². The Hall–Kier alpha value is -0.810. The van der Waals surface area contributed by atoms with Crippen LogP contribution in [0.4, 0.5) is 0 Å². The van der Waals surface area contributed by atoms with E-state index in [1.807, 2.05) is 0 Å². The molecule has 0 atom stereocenters. The second-order valence-corrected chi connectivity index (χ2v) is 4.67. The molecule has 2 N–H and O–H groups in total. The maximum absolute atomic E-state index is 11.9. The van der Waals surface area contributed by atoms with E-state index >= 15 is 0 Å². The van der Waals surface area contributed by atoms with Crippen molar-refractivity contribution in [3.63, 3.8) is 0 Å². The Kier molecular flexibility index (Phi) is 3.11. The average molecular weight is 273 g/mol. The number of carbonyl (C=O) groups is 1. The van der Waals surface area contributed by atoms with Gasteiger partial charge < -0.3 is 15.0 Å². The standard InChI is InChI=1S/C10H13BrN2O2/c11-7-5-9(12-6-7)10(15)13-3-1-8(14)2-4-13/h5-6,8,12,14H,1-4H2. The van der Waals surface area contributed by atoms with E-state index in [1.54, 1.807) is 17.2 Å². The van der Waals surface area contributed by atoms with Gasteiger partial charge in [0, 0.05) is 23.8 Å². The monoisotopic (exact) mass is 272 g/mol. The molecule has 0 aliphatic carbocycles. The van der Waals surface area contributed by atoms with Gasteiger partial charge in [-0.1, -0.05) is 0 Å². The highest BCUT2D eigenvalue weighted by Crippen LogP contribution is 2.16. The summed E-state index contributed by atoms with van der Waals surface area (Å²) in [5.41, 5.74) is 0.596. The molecule has 0 aromatic carbocycles. The molecule has 15 heavy (non-hydrogen) atoms. The van der Waals surface area contributed by atoms with Crippen molar-refractivity contribution in [2.45, 2.75) is 18.9 Å². The Bertz CT molecular complexity index is 356. The second kappa shape index (κ2) is 4.37. The van der Waals surface area contributed by atoms with E-state index < -0.39 is 0 Å². The van der Waals surface area contributed by atoms with Crippen LogP contribution in [0.25, 0.3) is 0 Å². The first-order valence-corrected chi connectivity index (χ1v) is 5.77. The van der Waals surface area contributed by atoms with E-state index in [2.05, 4.69) is 20.9 Å². The third-order valence-electron chi connectivity index (χ3n) is 2.63. The van der Waals surface area contributed by atoms with Gasteiger partial charge in [0.25, 0.3) is 5.91 Å². The molecule has 82 valence electrons. The van der Waals surface area contributed by atoms with Crippen LogP contribution < -0.4 is 0 Å². The van der Waals surface area contributed by atoms with Gasteiger partial charge in [0.05, 0.1) is 6.10 Å².